The van der Waals surface area contributed by atoms with Gasteiger partial charge < -0.3 is 15.4 Å². The molecule has 2 aromatic carbocycles. The van der Waals surface area contributed by atoms with E-state index in [1.54, 1.807) is 36.4 Å². The first-order valence-electron chi connectivity index (χ1n) is 7.05. The van der Waals surface area contributed by atoms with E-state index < -0.39 is 18.5 Å². The van der Waals surface area contributed by atoms with Crippen LogP contribution in [0.5, 0.6) is 0 Å². The molecule has 0 heterocycles. The van der Waals surface area contributed by atoms with Crippen molar-refractivity contribution in [2.24, 2.45) is 0 Å². The van der Waals surface area contributed by atoms with Crippen molar-refractivity contribution in [2.45, 2.75) is 6.92 Å². The number of rotatable bonds is 5. The minimum Gasteiger partial charge on any atom is -0.452 e. The molecule has 2 rings (SSSR count). The Labute approximate surface area is 143 Å². The Balaban J connectivity index is 1.87. The Morgan fingerprint density at radius 3 is 2.29 bits per heavy atom. The highest BCUT2D eigenvalue weighted by Gasteiger charge is 2.11. The lowest BCUT2D eigenvalue weighted by atomic mass is 10.2. The standard InChI is InChI=1S/C17H15ClN2O4/c1-11(21)19-13-8-6-12(7-9-13)17(23)24-10-16(22)20-15-5-3-2-4-14(15)18/h2-9H,10H2,1H3,(H,19,21)(H,20,22). The fourth-order valence-electron chi connectivity index (χ4n) is 1.86. The molecule has 0 bridgehead atoms. The van der Waals surface area contributed by atoms with Crippen LogP contribution in [-0.4, -0.2) is 24.4 Å². The third kappa shape index (κ3) is 5.10. The van der Waals surface area contributed by atoms with Crippen LogP contribution in [0, 0.1) is 0 Å². The minimum absolute atomic E-state index is 0.207. The quantitative estimate of drug-likeness (QED) is 0.815. The maximum Gasteiger partial charge on any atom is 0.338 e. The minimum atomic E-state index is -0.640. The SMILES string of the molecule is CC(=O)Nc1ccc(C(=O)OCC(=O)Nc2ccccc2Cl)cc1. The van der Waals surface area contributed by atoms with Gasteiger partial charge in [-0.1, -0.05) is 23.7 Å². The fraction of sp³-hybridized carbons (Fsp3) is 0.118. The molecule has 0 atom stereocenters. The van der Waals surface area contributed by atoms with Gasteiger partial charge in [-0.15, -0.1) is 0 Å². The average Bonchev–Trinajstić information content (AvgIpc) is 2.55. The molecule has 2 N–H and O–H groups in total. The van der Waals surface area contributed by atoms with Crippen molar-refractivity contribution in [2.75, 3.05) is 17.2 Å². The van der Waals surface area contributed by atoms with Crippen molar-refractivity contribution < 1.29 is 19.1 Å². The van der Waals surface area contributed by atoms with Crippen LogP contribution in [0.4, 0.5) is 11.4 Å². The molecule has 0 aliphatic carbocycles. The molecule has 0 spiro atoms. The fourth-order valence-corrected chi connectivity index (χ4v) is 2.04. The number of hydrogen-bond acceptors (Lipinski definition) is 4. The molecule has 0 saturated heterocycles. The second-order valence-electron chi connectivity index (χ2n) is 4.86. The van der Waals surface area contributed by atoms with Gasteiger partial charge in [0.05, 0.1) is 16.3 Å². The Morgan fingerprint density at radius 1 is 1.00 bits per heavy atom. The van der Waals surface area contributed by atoms with E-state index in [0.29, 0.717) is 16.4 Å². The normalized spacial score (nSPS) is 9.92. The van der Waals surface area contributed by atoms with Gasteiger partial charge in [-0.25, -0.2) is 4.79 Å². The predicted octanol–water partition coefficient (Wildman–Crippen LogP) is 3.09. The van der Waals surface area contributed by atoms with E-state index in [-0.39, 0.29) is 11.5 Å². The summed E-state index contributed by atoms with van der Waals surface area (Å²) in [4.78, 5) is 34.6. The smallest absolute Gasteiger partial charge is 0.338 e. The zero-order chi connectivity index (χ0) is 17.5. The topological polar surface area (TPSA) is 84.5 Å². The molecule has 0 radical (unpaired) electrons. The Hall–Kier alpha value is -2.86. The Bertz CT molecular complexity index is 759. The molecule has 7 heteroatoms. The van der Waals surface area contributed by atoms with E-state index in [1.165, 1.54) is 19.1 Å². The van der Waals surface area contributed by atoms with Crippen molar-refractivity contribution in [3.63, 3.8) is 0 Å². The Kier molecular flexibility index (Phi) is 5.92. The number of carbonyl (C=O) groups is 3. The average molecular weight is 347 g/mol. The van der Waals surface area contributed by atoms with Gasteiger partial charge in [0.1, 0.15) is 0 Å². The first-order valence-corrected chi connectivity index (χ1v) is 7.42. The van der Waals surface area contributed by atoms with Gasteiger partial charge in [-0.2, -0.15) is 0 Å². The lowest BCUT2D eigenvalue weighted by Crippen LogP contribution is -2.21. The van der Waals surface area contributed by atoms with Gasteiger partial charge in [0, 0.05) is 12.6 Å². The predicted molar refractivity (Wildman–Crippen MR) is 91.1 cm³/mol. The highest BCUT2D eigenvalue weighted by molar-refractivity contribution is 6.33. The second-order valence-corrected chi connectivity index (χ2v) is 5.27. The molecule has 0 aromatic heterocycles. The summed E-state index contributed by atoms with van der Waals surface area (Å²) < 4.78 is 4.94. The van der Waals surface area contributed by atoms with Crippen LogP contribution in [0.2, 0.25) is 5.02 Å². The lowest BCUT2D eigenvalue weighted by Gasteiger charge is -2.08. The highest BCUT2D eigenvalue weighted by atomic mass is 35.5. The van der Waals surface area contributed by atoms with Gasteiger partial charge in [-0.05, 0) is 36.4 Å². The molecule has 0 aliphatic heterocycles. The van der Waals surface area contributed by atoms with Crippen LogP contribution in [0.3, 0.4) is 0 Å². The maximum atomic E-state index is 11.9. The van der Waals surface area contributed by atoms with Gasteiger partial charge in [0.2, 0.25) is 5.91 Å². The van der Waals surface area contributed by atoms with Crippen molar-refractivity contribution >= 4 is 40.8 Å². The number of nitrogens with one attached hydrogen (secondary N) is 2. The summed E-state index contributed by atoms with van der Waals surface area (Å²) in [7, 11) is 0. The highest BCUT2D eigenvalue weighted by Crippen LogP contribution is 2.20. The zero-order valence-electron chi connectivity index (χ0n) is 12.8. The first kappa shape index (κ1) is 17.5. The first-order chi connectivity index (χ1) is 11.5. The molecule has 0 saturated carbocycles. The van der Waals surface area contributed by atoms with E-state index in [4.69, 9.17) is 16.3 Å². The van der Waals surface area contributed by atoms with Gasteiger partial charge >= 0.3 is 5.97 Å². The number of halogens is 1. The van der Waals surface area contributed by atoms with Gasteiger partial charge in [0.25, 0.3) is 5.91 Å². The second kappa shape index (κ2) is 8.12. The Morgan fingerprint density at radius 2 is 1.67 bits per heavy atom. The largest absolute Gasteiger partial charge is 0.452 e. The molecule has 0 aliphatic rings. The molecule has 24 heavy (non-hydrogen) atoms. The zero-order valence-corrected chi connectivity index (χ0v) is 13.6. The maximum absolute atomic E-state index is 11.9. The van der Waals surface area contributed by atoms with E-state index in [2.05, 4.69) is 10.6 Å². The molecule has 6 nitrogen and oxygen atoms in total. The molecule has 124 valence electrons. The van der Waals surface area contributed by atoms with Crippen LogP contribution < -0.4 is 10.6 Å². The number of ether oxygens (including phenoxy) is 1. The summed E-state index contributed by atoms with van der Waals surface area (Å²) in [6, 6.07) is 12.9. The summed E-state index contributed by atoms with van der Waals surface area (Å²) in [6.07, 6.45) is 0. The summed E-state index contributed by atoms with van der Waals surface area (Å²) in [6.45, 7) is 0.956. The van der Waals surface area contributed by atoms with Crippen LogP contribution in [0.15, 0.2) is 48.5 Å². The molecule has 2 amide bonds. The molecule has 0 unspecified atom stereocenters. The number of benzene rings is 2. The third-order valence-electron chi connectivity index (χ3n) is 2.92. The van der Waals surface area contributed by atoms with Crippen molar-refractivity contribution in [1.82, 2.24) is 0 Å². The van der Waals surface area contributed by atoms with E-state index in [9.17, 15) is 14.4 Å². The molecular formula is C17H15ClN2O4. The summed E-state index contributed by atoms with van der Waals surface area (Å²) in [5.41, 5.74) is 1.28. The van der Waals surface area contributed by atoms with Gasteiger partial charge in [0.15, 0.2) is 6.61 Å². The number of carbonyl (C=O) groups excluding carboxylic acids is 3. The van der Waals surface area contributed by atoms with Crippen molar-refractivity contribution in [3.8, 4) is 0 Å². The molecule has 2 aromatic rings. The number of para-hydroxylation sites is 1. The number of hydrogen-bond donors (Lipinski definition) is 2. The van der Waals surface area contributed by atoms with Gasteiger partial charge in [-0.3, -0.25) is 9.59 Å². The monoisotopic (exact) mass is 346 g/mol. The summed E-state index contributed by atoms with van der Waals surface area (Å²) >= 11 is 5.93. The lowest BCUT2D eigenvalue weighted by molar-refractivity contribution is -0.119. The van der Waals surface area contributed by atoms with Crippen LogP contribution in [0.1, 0.15) is 17.3 Å². The third-order valence-corrected chi connectivity index (χ3v) is 3.25. The number of amides is 2. The van der Waals surface area contributed by atoms with Crippen molar-refractivity contribution in [1.29, 1.82) is 0 Å². The summed E-state index contributed by atoms with van der Waals surface area (Å²) in [5, 5.41) is 5.53. The molecular weight excluding hydrogens is 332 g/mol. The van der Waals surface area contributed by atoms with Crippen LogP contribution in [-0.2, 0) is 14.3 Å². The molecule has 0 fully saturated rings. The van der Waals surface area contributed by atoms with Crippen LogP contribution in [0.25, 0.3) is 0 Å². The summed E-state index contributed by atoms with van der Waals surface area (Å²) in [5.74, 6) is -1.34. The van der Waals surface area contributed by atoms with E-state index in [0.717, 1.165) is 0 Å². The van der Waals surface area contributed by atoms with E-state index >= 15 is 0 Å². The van der Waals surface area contributed by atoms with Crippen molar-refractivity contribution in [3.05, 3.63) is 59.1 Å². The number of esters is 1. The van der Waals surface area contributed by atoms with Crippen LogP contribution >= 0.6 is 11.6 Å². The number of anilines is 2. The van der Waals surface area contributed by atoms with E-state index in [1.807, 2.05) is 0 Å².